The van der Waals surface area contributed by atoms with Crippen LogP contribution < -0.4 is 10.2 Å². The number of hydrogen-bond donors (Lipinski definition) is 1. The maximum atomic E-state index is 12.2. The van der Waals surface area contributed by atoms with Crippen LogP contribution in [0.4, 0.5) is 11.4 Å². The predicted octanol–water partition coefficient (Wildman–Crippen LogP) is 3.97. The molecule has 0 unspecified atom stereocenters. The van der Waals surface area contributed by atoms with Crippen molar-refractivity contribution < 1.29 is 4.79 Å². The van der Waals surface area contributed by atoms with Gasteiger partial charge in [0.25, 0.3) is 5.91 Å². The Labute approximate surface area is 141 Å². The van der Waals surface area contributed by atoms with E-state index in [0.29, 0.717) is 5.69 Å². The van der Waals surface area contributed by atoms with Gasteiger partial charge in [0.05, 0.1) is 11.9 Å². The first-order valence-electron chi connectivity index (χ1n) is 7.80. The van der Waals surface area contributed by atoms with Gasteiger partial charge in [-0.1, -0.05) is 48.5 Å². The summed E-state index contributed by atoms with van der Waals surface area (Å²) in [7, 11) is 2.01. The molecule has 4 heteroatoms. The molecule has 24 heavy (non-hydrogen) atoms. The lowest BCUT2D eigenvalue weighted by Crippen LogP contribution is -2.18. The van der Waals surface area contributed by atoms with Gasteiger partial charge in [-0.3, -0.25) is 4.79 Å². The fourth-order valence-electron chi connectivity index (χ4n) is 2.41. The molecule has 0 atom stereocenters. The standard InChI is InChI=1S/C20H19N3O/c1-23(15-16-8-4-2-5-9-16)18-12-13-19(21-14-18)20(24)22-17-10-6-3-7-11-17/h2-14H,15H2,1H3,(H,22,24). The van der Waals surface area contributed by atoms with E-state index in [0.717, 1.165) is 17.9 Å². The minimum atomic E-state index is -0.210. The number of amides is 1. The monoisotopic (exact) mass is 317 g/mol. The lowest BCUT2D eigenvalue weighted by Gasteiger charge is -2.19. The molecular formula is C20H19N3O. The Hall–Kier alpha value is -3.14. The van der Waals surface area contributed by atoms with Gasteiger partial charge in [-0.05, 0) is 29.8 Å². The fraction of sp³-hybridized carbons (Fsp3) is 0.100. The molecule has 0 bridgehead atoms. The second kappa shape index (κ2) is 7.42. The van der Waals surface area contributed by atoms with Crippen molar-refractivity contribution in [1.29, 1.82) is 0 Å². The van der Waals surface area contributed by atoms with Crippen molar-refractivity contribution >= 4 is 17.3 Å². The summed E-state index contributed by atoms with van der Waals surface area (Å²) in [5.74, 6) is -0.210. The molecule has 0 spiro atoms. The van der Waals surface area contributed by atoms with Gasteiger partial charge in [-0.2, -0.15) is 0 Å². The number of aromatic nitrogens is 1. The van der Waals surface area contributed by atoms with Crippen LogP contribution >= 0.6 is 0 Å². The van der Waals surface area contributed by atoms with Crippen molar-refractivity contribution in [2.24, 2.45) is 0 Å². The van der Waals surface area contributed by atoms with E-state index < -0.39 is 0 Å². The summed E-state index contributed by atoms with van der Waals surface area (Å²) in [5, 5.41) is 2.83. The molecule has 120 valence electrons. The number of para-hydroxylation sites is 1. The third kappa shape index (κ3) is 3.98. The first-order chi connectivity index (χ1) is 11.7. The predicted molar refractivity (Wildman–Crippen MR) is 97.2 cm³/mol. The van der Waals surface area contributed by atoms with Crippen LogP contribution in [0.3, 0.4) is 0 Å². The zero-order valence-corrected chi connectivity index (χ0v) is 13.5. The van der Waals surface area contributed by atoms with Crippen molar-refractivity contribution in [2.75, 3.05) is 17.3 Å². The van der Waals surface area contributed by atoms with E-state index in [-0.39, 0.29) is 5.91 Å². The average molecular weight is 317 g/mol. The first-order valence-corrected chi connectivity index (χ1v) is 7.80. The molecule has 0 fully saturated rings. The van der Waals surface area contributed by atoms with Crippen LogP contribution in [0.2, 0.25) is 0 Å². The number of nitrogens with zero attached hydrogens (tertiary/aromatic N) is 2. The number of carbonyl (C=O) groups is 1. The fourth-order valence-corrected chi connectivity index (χ4v) is 2.41. The quantitative estimate of drug-likeness (QED) is 0.774. The third-order valence-electron chi connectivity index (χ3n) is 3.72. The molecule has 1 aromatic heterocycles. The highest BCUT2D eigenvalue weighted by Crippen LogP contribution is 2.15. The van der Waals surface area contributed by atoms with E-state index in [1.54, 1.807) is 12.3 Å². The Morgan fingerprint density at radius 1 is 0.958 bits per heavy atom. The molecule has 2 aromatic carbocycles. The minimum Gasteiger partial charge on any atom is -0.369 e. The highest BCUT2D eigenvalue weighted by atomic mass is 16.1. The highest BCUT2D eigenvalue weighted by Gasteiger charge is 2.09. The lowest BCUT2D eigenvalue weighted by molar-refractivity contribution is 0.102. The van der Waals surface area contributed by atoms with E-state index in [4.69, 9.17) is 0 Å². The van der Waals surface area contributed by atoms with E-state index in [9.17, 15) is 4.79 Å². The van der Waals surface area contributed by atoms with Gasteiger partial charge in [-0.15, -0.1) is 0 Å². The Morgan fingerprint density at radius 3 is 2.25 bits per heavy atom. The lowest BCUT2D eigenvalue weighted by atomic mass is 10.2. The average Bonchev–Trinajstić information content (AvgIpc) is 2.63. The summed E-state index contributed by atoms with van der Waals surface area (Å²) in [5.41, 5.74) is 3.35. The molecular weight excluding hydrogens is 298 g/mol. The van der Waals surface area contributed by atoms with Crippen molar-refractivity contribution in [3.63, 3.8) is 0 Å². The summed E-state index contributed by atoms with van der Waals surface area (Å²) >= 11 is 0. The van der Waals surface area contributed by atoms with Gasteiger partial charge in [0.15, 0.2) is 0 Å². The summed E-state index contributed by atoms with van der Waals surface area (Å²) in [6.07, 6.45) is 1.73. The third-order valence-corrected chi connectivity index (χ3v) is 3.72. The van der Waals surface area contributed by atoms with Crippen molar-refractivity contribution in [2.45, 2.75) is 6.54 Å². The number of anilines is 2. The second-order valence-electron chi connectivity index (χ2n) is 5.56. The number of carbonyl (C=O) groups excluding carboxylic acids is 1. The highest BCUT2D eigenvalue weighted by molar-refractivity contribution is 6.02. The molecule has 3 aromatic rings. The van der Waals surface area contributed by atoms with Crippen LogP contribution in [0.5, 0.6) is 0 Å². The van der Waals surface area contributed by atoms with E-state index in [1.807, 2.05) is 61.6 Å². The molecule has 1 N–H and O–H groups in total. The molecule has 3 rings (SSSR count). The van der Waals surface area contributed by atoms with Gasteiger partial charge in [0.2, 0.25) is 0 Å². The van der Waals surface area contributed by atoms with Crippen LogP contribution in [-0.2, 0) is 6.54 Å². The molecule has 0 aliphatic heterocycles. The summed E-state index contributed by atoms with van der Waals surface area (Å²) in [6.45, 7) is 0.790. The molecule has 1 heterocycles. The van der Waals surface area contributed by atoms with Gasteiger partial charge < -0.3 is 10.2 Å². The number of pyridine rings is 1. The number of rotatable bonds is 5. The van der Waals surface area contributed by atoms with Gasteiger partial charge in [-0.25, -0.2) is 4.98 Å². The van der Waals surface area contributed by atoms with E-state index >= 15 is 0 Å². The maximum absolute atomic E-state index is 12.2. The summed E-state index contributed by atoms with van der Waals surface area (Å²) < 4.78 is 0. The Balaban J connectivity index is 1.65. The topological polar surface area (TPSA) is 45.2 Å². The van der Waals surface area contributed by atoms with Crippen LogP contribution in [-0.4, -0.2) is 17.9 Å². The molecule has 0 saturated carbocycles. The molecule has 0 radical (unpaired) electrons. The van der Waals surface area contributed by atoms with Gasteiger partial charge >= 0.3 is 0 Å². The Bertz CT molecular complexity index is 786. The first kappa shape index (κ1) is 15.7. The van der Waals surface area contributed by atoms with Crippen LogP contribution in [0.15, 0.2) is 79.0 Å². The van der Waals surface area contributed by atoms with Crippen molar-refractivity contribution in [3.8, 4) is 0 Å². The zero-order valence-electron chi connectivity index (χ0n) is 13.5. The van der Waals surface area contributed by atoms with Crippen LogP contribution in [0.1, 0.15) is 16.1 Å². The molecule has 4 nitrogen and oxygen atoms in total. The Morgan fingerprint density at radius 2 is 1.62 bits per heavy atom. The van der Waals surface area contributed by atoms with Crippen molar-refractivity contribution in [1.82, 2.24) is 4.98 Å². The largest absolute Gasteiger partial charge is 0.369 e. The summed E-state index contributed by atoms with van der Waals surface area (Å²) in [6, 6.07) is 23.3. The smallest absolute Gasteiger partial charge is 0.274 e. The number of hydrogen-bond acceptors (Lipinski definition) is 3. The van der Waals surface area contributed by atoms with E-state index in [1.165, 1.54) is 5.56 Å². The Kier molecular flexibility index (Phi) is 4.87. The van der Waals surface area contributed by atoms with Gasteiger partial charge in [0.1, 0.15) is 5.69 Å². The normalized spacial score (nSPS) is 10.2. The molecule has 1 amide bonds. The zero-order chi connectivity index (χ0) is 16.8. The SMILES string of the molecule is CN(Cc1ccccc1)c1ccc(C(=O)Nc2ccccc2)nc1. The summed E-state index contributed by atoms with van der Waals surface area (Å²) in [4.78, 5) is 18.6. The molecule has 0 aliphatic rings. The minimum absolute atomic E-state index is 0.210. The maximum Gasteiger partial charge on any atom is 0.274 e. The number of benzene rings is 2. The van der Waals surface area contributed by atoms with E-state index in [2.05, 4.69) is 27.3 Å². The van der Waals surface area contributed by atoms with Crippen LogP contribution in [0, 0.1) is 0 Å². The molecule has 0 saturated heterocycles. The second-order valence-corrected chi connectivity index (χ2v) is 5.56. The van der Waals surface area contributed by atoms with Crippen molar-refractivity contribution in [3.05, 3.63) is 90.3 Å². The van der Waals surface area contributed by atoms with Gasteiger partial charge in [0, 0.05) is 19.3 Å². The molecule has 0 aliphatic carbocycles. The van der Waals surface area contributed by atoms with Crippen LogP contribution in [0.25, 0.3) is 0 Å². The number of nitrogens with one attached hydrogen (secondary N) is 1.